The Hall–Kier alpha value is -2.60. The van der Waals surface area contributed by atoms with E-state index in [4.69, 9.17) is 30.4 Å². The Bertz CT molecular complexity index is 906. The minimum Gasteiger partial charge on any atom is -0.505 e. The second kappa shape index (κ2) is 15.7. The van der Waals surface area contributed by atoms with Gasteiger partial charge in [0.2, 0.25) is 0 Å². The predicted molar refractivity (Wildman–Crippen MR) is 148 cm³/mol. The van der Waals surface area contributed by atoms with Crippen molar-refractivity contribution in [2.45, 2.75) is 26.9 Å². The Labute approximate surface area is 226 Å². The summed E-state index contributed by atoms with van der Waals surface area (Å²) in [5.74, 6) is 0.266. The Kier molecular flexibility index (Phi) is 12.4. The highest BCUT2D eigenvalue weighted by molar-refractivity contribution is 5.58. The van der Waals surface area contributed by atoms with Gasteiger partial charge in [-0.3, -0.25) is 9.80 Å². The van der Waals surface area contributed by atoms with Crippen LogP contribution in [0.2, 0.25) is 0 Å². The molecule has 0 amide bonds. The molecule has 0 bridgehead atoms. The van der Waals surface area contributed by atoms with Crippen LogP contribution in [0.3, 0.4) is 0 Å². The minimum atomic E-state index is 0.133. The van der Waals surface area contributed by atoms with E-state index in [-0.39, 0.29) is 11.5 Å². The molecule has 0 saturated carbocycles. The zero-order chi connectivity index (χ0) is 27.3. The van der Waals surface area contributed by atoms with Gasteiger partial charge in [-0.1, -0.05) is 12.1 Å². The highest BCUT2D eigenvalue weighted by Gasteiger charge is 2.14. The van der Waals surface area contributed by atoms with Crippen LogP contribution in [0.5, 0.6) is 11.5 Å². The maximum absolute atomic E-state index is 10.4. The molecule has 6 N–H and O–H groups in total. The molecule has 1 saturated heterocycles. The van der Waals surface area contributed by atoms with Crippen LogP contribution in [-0.4, -0.2) is 99.0 Å². The van der Waals surface area contributed by atoms with Crippen LogP contribution in [0.1, 0.15) is 22.3 Å². The van der Waals surface area contributed by atoms with E-state index in [0.717, 1.165) is 22.3 Å². The van der Waals surface area contributed by atoms with Crippen LogP contribution in [0.4, 0.5) is 11.4 Å². The molecule has 0 unspecified atom stereocenters. The van der Waals surface area contributed by atoms with E-state index in [1.807, 2.05) is 26.0 Å². The summed E-state index contributed by atoms with van der Waals surface area (Å²) in [5, 5.41) is 20.8. The second-order valence-electron chi connectivity index (χ2n) is 9.73. The van der Waals surface area contributed by atoms with Crippen molar-refractivity contribution in [3.05, 3.63) is 46.5 Å². The number of benzene rings is 2. The number of ether oxygens (including phenoxy) is 4. The first-order chi connectivity index (χ1) is 18.3. The Balaban J connectivity index is 1.52. The van der Waals surface area contributed by atoms with E-state index in [0.29, 0.717) is 103 Å². The standard InChI is InChI=1S/C28H44N4O6/c1-21-15-23(27(33)25(29)17-21)19-31-3-7-35-11-13-37-9-5-32(6-10-38-14-12-36-8-4-31)20-24-16-22(2)18-26(30)28(24)34/h15-18,33-34H,3-14,19-20,29-30H2,1-2H3. The third-order valence-electron chi connectivity index (χ3n) is 6.46. The number of nitrogens with zero attached hydrogens (tertiary/aromatic N) is 2. The van der Waals surface area contributed by atoms with Crippen LogP contribution >= 0.6 is 0 Å². The van der Waals surface area contributed by atoms with Crippen LogP contribution in [0.15, 0.2) is 24.3 Å². The molecule has 0 aliphatic carbocycles. The fourth-order valence-corrected chi connectivity index (χ4v) is 4.45. The average Bonchev–Trinajstić information content (AvgIpc) is 2.87. The van der Waals surface area contributed by atoms with Crippen molar-refractivity contribution in [1.82, 2.24) is 9.80 Å². The quantitative estimate of drug-likeness (QED) is 0.343. The lowest BCUT2D eigenvalue weighted by atomic mass is 10.1. The second-order valence-corrected chi connectivity index (χ2v) is 9.73. The van der Waals surface area contributed by atoms with Crippen LogP contribution in [0.25, 0.3) is 0 Å². The Morgan fingerprint density at radius 2 is 0.895 bits per heavy atom. The van der Waals surface area contributed by atoms with Gasteiger partial charge >= 0.3 is 0 Å². The summed E-state index contributed by atoms with van der Waals surface area (Å²) >= 11 is 0. The number of nitrogens with two attached hydrogens (primary N) is 2. The van der Waals surface area contributed by atoms with Gasteiger partial charge in [0, 0.05) is 50.4 Å². The van der Waals surface area contributed by atoms with E-state index >= 15 is 0 Å². The summed E-state index contributed by atoms with van der Waals surface area (Å²) in [6.45, 7) is 11.9. The number of nitrogen functional groups attached to an aromatic ring is 2. The molecule has 0 spiro atoms. The van der Waals surface area contributed by atoms with Gasteiger partial charge in [-0.05, 0) is 37.1 Å². The van der Waals surface area contributed by atoms with Gasteiger partial charge in [0.1, 0.15) is 11.5 Å². The molecule has 10 heteroatoms. The molecular formula is C28H44N4O6. The molecule has 1 aliphatic rings. The van der Waals surface area contributed by atoms with Crippen LogP contribution in [-0.2, 0) is 32.0 Å². The SMILES string of the molecule is Cc1cc(N)c(O)c(CN2CCOCCOCCN(Cc3cc(C)cc(N)c3O)CCOCCOCC2)c1. The zero-order valence-corrected chi connectivity index (χ0v) is 22.8. The molecule has 0 radical (unpaired) electrons. The summed E-state index contributed by atoms with van der Waals surface area (Å²) in [6.07, 6.45) is 0. The molecule has 2 aromatic carbocycles. The predicted octanol–water partition coefficient (Wildman–Crippen LogP) is 2.26. The molecule has 1 fully saturated rings. The van der Waals surface area contributed by atoms with Gasteiger partial charge in [0.15, 0.2) is 0 Å². The first-order valence-electron chi connectivity index (χ1n) is 13.2. The maximum atomic E-state index is 10.4. The maximum Gasteiger partial charge on any atom is 0.142 e. The van der Waals surface area contributed by atoms with Crippen molar-refractivity contribution in [1.29, 1.82) is 0 Å². The van der Waals surface area contributed by atoms with Gasteiger partial charge in [-0.2, -0.15) is 0 Å². The normalized spacial score (nSPS) is 18.6. The Morgan fingerprint density at radius 3 is 1.21 bits per heavy atom. The fourth-order valence-electron chi connectivity index (χ4n) is 4.45. The lowest BCUT2D eigenvalue weighted by molar-refractivity contribution is 0.00612. The summed E-state index contributed by atoms with van der Waals surface area (Å²) in [7, 11) is 0. The summed E-state index contributed by atoms with van der Waals surface area (Å²) < 4.78 is 23.3. The topological polar surface area (TPSA) is 136 Å². The van der Waals surface area contributed by atoms with E-state index in [1.165, 1.54) is 0 Å². The van der Waals surface area contributed by atoms with Crippen molar-refractivity contribution in [2.75, 3.05) is 90.5 Å². The van der Waals surface area contributed by atoms with Crippen molar-refractivity contribution in [3.8, 4) is 11.5 Å². The molecule has 38 heavy (non-hydrogen) atoms. The van der Waals surface area contributed by atoms with E-state index in [9.17, 15) is 10.2 Å². The average molecular weight is 533 g/mol. The molecule has 1 aliphatic heterocycles. The number of hydrogen-bond acceptors (Lipinski definition) is 10. The van der Waals surface area contributed by atoms with Gasteiger partial charge in [-0.15, -0.1) is 0 Å². The number of aromatic hydroxyl groups is 2. The number of hydrogen-bond donors (Lipinski definition) is 4. The summed E-state index contributed by atoms with van der Waals surface area (Å²) in [6, 6.07) is 7.45. The van der Waals surface area contributed by atoms with E-state index < -0.39 is 0 Å². The smallest absolute Gasteiger partial charge is 0.142 e. The van der Waals surface area contributed by atoms with Crippen LogP contribution < -0.4 is 11.5 Å². The zero-order valence-electron chi connectivity index (χ0n) is 22.8. The van der Waals surface area contributed by atoms with Crippen molar-refractivity contribution >= 4 is 11.4 Å². The lowest BCUT2D eigenvalue weighted by Crippen LogP contribution is -2.33. The van der Waals surface area contributed by atoms with Gasteiger partial charge in [0.05, 0.1) is 64.2 Å². The summed E-state index contributed by atoms with van der Waals surface area (Å²) in [5.41, 5.74) is 16.3. The molecule has 10 nitrogen and oxygen atoms in total. The largest absolute Gasteiger partial charge is 0.505 e. The van der Waals surface area contributed by atoms with Gasteiger partial charge in [0.25, 0.3) is 0 Å². The monoisotopic (exact) mass is 532 g/mol. The molecular weight excluding hydrogens is 488 g/mol. The fraction of sp³-hybridized carbons (Fsp3) is 0.571. The highest BCUT2D eigenvalue weighted by Crippen LogP contribution is 2.28. The van der Waals surface area contributed by atoms with Gasteiger partial charge in [-0.25, -0.2) is 0 Å². The first kappa shape index (κ1) is 29.9. The van der Waals surface area contributed by atoms with Gasteiger partial charge < -0.3 is 40.6 Å². The molecule has 212 valence electrons. The minimum absolute atomic E-state index is 0.133. The number of aryl methyl sites for hydroxylation is 2. The Morgan fingerprint density at radius 1 is 0.579 bits per heavy atom. The first-order valence-corrected chi connectivity index (χ1v) is 13.2. The van der Waals surface area contributed by atoms with E-state index in [2.05, 4.69) is 9.80 Å². The van der Waals surface area contributed by atoms with Crippen LogP contribution in [0, 0.1) is 13.8 Å². The van der Waals surface area contributed by atoms with Crippen molar-refractivity contribution in [2.24, 2.45) is 0 Å². The van der Waals surface area contributed by atoms with Crippen molar-refractivity contribution in [3.63, 3.8) is 0 Å². The van der Waals surface area contributed by atoms with Crippen molar-refractivity contribution < 1.29 is 29.2 Å². The third-order valence-corrected chi connectivity index (χ3v) is 6.46. The molecule has 0 aromatic heterocycles. The number of phenols is 2. The number of anilines is 2. The number of phenolic OH excluding ortho intramolecular Hbond substituents is 2. The molecule has 0 atom stereocenters. The van der Waals surface area contributed by atoms with E-state index in [1.54, 1.807) is 12.1 Å². The molecule has 1 heterocycles. The molecule has 3 rings (SSSR count). The molecule has 2 aromatic rings. The third kappa shape index (κ3) is 9.94. The highest BCUT2D eigenvalue weighted by atomic mass is 16.5. The number of rotatable bonds is 4. The lowest BCUT2D eigenvalue weighted by Gasteiger charge is -2.24. The summed E-state index contributed by atoms with van der Waals surface area (Å²) in [4.78, 5) is 4.37.